The van der Waals surface area contributed by atoms with Gasteiger partial charge in [-0.25, -0.2) is 0 Å². The highest BCUT2D eigenvalue weighted by Crippen LogP contribution is 2.41. The topological polar surface area (TPSA) is 9.23 Å². The van der Waals surface area contributed by atoms with E-state index in [1.807, 2.05) is 31.2 Å². The lowest BCUT2D eigenvalue weighted by molar-refractivity contribution is -0.137. The van der Waals surface area contributed by atoms with E-state index in [-0.39, 0.29) is 5.92 Å². The van der Waals surface area contributed by atoms with Gasteiger partial charge in [-0.05, 0) is 48.7 Å². The van der Waals surface area contributed by atoms with E-state index in [1.54, 1.807) is 19.2 Å². The summed E-state index contributed by atoms with van der Waals surface area (Å²) in [6, 6.07) is 13.2. The number of benzene rings is 2. The highest BCUT2D eigenvalue weighted by molar-refractivity contribution is 5.60. The van der Waals surface area contributed by atoms with Crippen molar-refractivity contribution in [1.29, 1.82) is 0 Å². The molecule has 25 heavy (non-hydrogen) atoms. The third-order valence-corrected chi connectivity index (χ3v) is 4.53. The summed E-state index contributed by atoms with van der Waals surface area (Å²) in [7, 11) is 1.62. The van der Waals surface area contributed by atoms with Crippen LogP contribution in [0.4, 0.5) is 13.2 Å². The number of rotatable bonds is 3. The zero-order valence-electron chi connectivity index (χ0n) is 14.1. The zero-order valence-corrected chi connectivity index (χ0v) is 14.1. The number of alkyl halides is 3. The first-order chi connectivity index (χ1) is 11.9. The Hall–Kier alpha value is -2.49. The van der Waals surface area contributed by atoms with Crippen molar-refractivity contribution in [3.8, 4) is 5.75 Å². The average Bonchev–Trinajstić information content (AvgIpc) is 2.95. The normalized spacial score (nSPS) is 19.2. The van der Waals surface area contributed by atoms with Gasteiger partial charge in [-0.3, -0.25) is 0 Å². The molecule has 0 aliphatic heterocycles. The van der Waals surface area contributed by atoms with Crippen LogP contribution < -0.4 is 4.74 Å². The summed E-state index contributed by atoms with van der Waals surface area (Å²) in [5.41, 5.74) is 3.67. The van der Waals surface area contributed by atoms with Gasteiger partial charge < -0.3 is 4.74 Å². The minimum absolute atomic E-state index is 0.0318. The standard InChI is InChI=1S/C21H19F3O/c1-14-3-6-17(13-15-4-11-19(25-2)12-5-15)20(14)16-7-9-18(10-8-16)21(22,23)24/h3-5,7-13,20H,6H2,1-2H3/b17-13-/t20-/m0/s1. The van der Waals surface area contributed by atoms with Crippen molar-refractivity contribution in [2.45, 2.75) is 25.4 Å². The second-order valence-corrected chi connectivity index (χ2v) is 6.20. The fourth-order valence-electron chi connectivity index (χ4n) is 3.20. The van der Waals surface area contributed by atoms with Crippen LogP contribution in [0.3, 0.4) is 0 Å². The van der Waals surface area contributed by atoms with Gasteiger partial charge in [0.05, 0.1) is 12.7 Å². The zero-order chi connectivity index (χ0) is 18.0. The van der Waals surface area contributed by atoms with E-state index in [4.69, 9.17) is 4.74 Å². The molecule has 0 radical (unpaired) electrons. The Morgan fingerprint density at radius 2 is 1.64 bits per heavy atom. The van der Waals surface area contributed by atoms with Crippen LogP contribution in [0.25, 0.3) is 6.08 Å². The molecule has 0 saturated heterocycles. The van der Waals surface area contributed by atoms with Gasteiger partial charge in [0.15, 0.2) is 0 Å². The monoisotopic (exact) mass is 344 g/mol. The molecule has 0 fully saturated rings. The molecule has 2 aromatic carbocycles. The summed E-state index contributed by atoms with van der Waals surface area (Å²) in [4.78, 5) is 0. The van der Waals surface area contributed by atoms with Crippen molar-refractivity contribution in [1.82, 2.24) is 0 Å². The number of methoxy groups -OCH3 is 1. The van der Waals surface area contributed by atoms with E-state index in [2.05, 4.69) is 12.2 Å². The average molecular weight is 344 g/mol. The predicted octanol–water partition coefficient (Wildman–Crippen LogP) is 6.23. The molecule has 0 unspecified atom stereocenters. The molecule has 1 nitrogen and oxygen atoms in total. The largest absolute Gasteiger partial charge is 0.497 e. The van der Waals surface area contributed by atoms with Crippen LogP contribution in [0.15, 0.2) is 65.8 Å². The molecule has 0 heterocycles. The highest BCUT2D eigenvalue weighted by Gasteiger charge is 2.31. The Morgan fingerprint density at radius 3 is 2.20 bits per heavy atom. The molecular weight excluding hydrogens is 325 g/mol. The molecule has 0 spiro atoms. The second kappa shape index (κ2) is 6.79. The fourth-order valence-corrected chi connectivity index (χ4v) is 3.20. The quantitative estimate of drug-likeness (QED) is 0.600. The van der Waals surface area contributed by atoms with E-state index in [0.717, 1.165) is 35.4 Å². The van der Waals surface area contributed by atoms with E-state index in [0.29, 0.717) is 0 Å². The van der Waals surface area contributed by atoms with Crippen LogP contribution in [0.1, 0.15) is 36.0 Å². The van der Waals surface area contributed by atoms with E-state index >= 15 is 0 Å². The lowest BCUT2D eigenvalue weighted by atomic mass is 9.88. The Kier molecular flexibility index (Phi) is 4.71. The summed E-state index contributed by atoms with van der Waals surface area (Å²) in [5, 5.41) is 0. The minimum Gasteiger partial charge on any atom is -0.497 e. The Morgan fingerprint density at radius 1 is 1.00 bits per heavy atom. The van der Waals surface area contributed by atoms with Crippen molar-refractivity contribution in [3.05, 3.63) is 82.4 Å². The maximum absolute atomic E-state index is 12.8. The molecular formula is C21H19F3O. The van der Waals surface area contributed by atoms with Gasteiger partial charge in [0, 0.05) is 5.92 Å². The molecule has 1 atom stereocenters. The van der Waals surface area contributed by atoms with Crippen LogP contribution in [-0.2, 0) is 6.18 Å². The van der Waals surface area contributed by atoms with E-state index in [9.17, 15) is 13.2 Å². The SMILES string of the molecule is COc1ccc(/C=C2/CC=C(C)[C@H]2c2ccc(C(F)(F)F)cc2)cc1. The van der Waals surface area contributed by atoms with Gasteiger partial charge in [-0.1, -0.05) is 47.6 Å². The maximum Gasteiger partial charge on any atom is 0.416 e. The van der Waals surface area contributed by atoms with Gasteiger partial charge in [0.2, 0.25) is 0 Å². The summed E-state index contributed by atoms with van der Waals surface area (Å²) < 4.78 is 43.5. The molecule has 2 aromatic rings. The smallest absolute Gasteiger partial charge is 0.416 e. The molecule has 3 rings (SSSR count). The molecule has 1 aliphatic carbocycles. The third kappa shape index (κ3) is 3.78. The van der Waals surface area contributed by atoms with E-state index < -0.39 is 11.7 Å². The molecule has 0 N–H and O–H groups in total. The first-order valence-corrected chi connectivity index (χ1v) is 8.07. The minimum atomic E-state index is -4.30. The van der Waals surface area contributed by atoms with Gasteiger partial charge in [-0.15, -0.1) is 0 Å². The second-order valence-electron chi connectivity index (χ2n) is 6.20. The van der Waals surface area contributed by atoms with Crippen LogP contribution in [0.2, 0.25) is 0 Å². The Balaban J connectivity index is 1.89. The molecule has 0 bridgehead atoms. The van der Waals surface area contributed by atoms with Crippen LogP contribution in [-0.4, -0.2) is 7.11 Å². The van der Waals surface area contributed by atoms with Crippen LogP contribution in [0, 0.1) is 0 Å². The summed E-state index contributed by atoms with van der Waals surface area (Å²) >= 11 is 0. The van der Waals surface area contributed by atoms with Gasteiger partial charge in [0.25, 0.3) is 0 Å². The summed E-state index contributed by atoms with van der Waals surface area (Å²) in [6.45, 7) is 2.02. The molecule has 0 aromatic heterocycles. The molecule has 0 amide bonds. The van der Waals surface area contributed by atoms with Crippen molar-refractivity contribution < 1.29 is 17.9 Å². The van der Waals surface area contributed by atoms with Gasteiger partial charge >= 0.3 is 6.18 Å². The summed E-state index contributed by atoms with van der Waals surface area (Å²) in [6.07, 6.45) is 0.747. The first-order valence-electron chi connectivity index (χ1n) is 8.07. The van der Waals surface area contributed by atoms with Crippen molar-refractivity contribution in [2.75, 3.05) is 7.11 Å². The lowest BCUT2D eigenvalue weighted by Gasteiger charge is -2.17. The highest BCUT2D eigenvalue weighted by atomic mass is 19.4. The fraction of sp³-hybridized carbons (Fsp3) is 0.238. The van der Waals surface area contributed by atoms with Crippen molar-refractivity contribution >= 4 is 6.08 Å². The van der Waals surface area contributed by atoms with Crippen LogP contribution in [0.5, 0.6) is 5.75 Å². The number of ether oxygens (including phenoxy) is 1. The third-order valence-electron chi connectivity index (χ3n) is 4.53. The number of hydrogen-bond donors (Lipinski definition) is 0. The lowest BCUT2D eigenvalue weighted by Crippen LogP contribution is -2.06. The molecule has 1 aliphatic rings. The number of halogens is 3. The van der Waals surface area contributed by atoms with Crippen molar-refractivity contribution in [2.24, 2.45) is 0 Å². The van der Waals surface area contributed by atoms with Crippen LogP contribution >= 0.6 is 0 Å². The van der Waals surface area contributed by atoms with Gasteiger partial charge in [0.1, 0.15) is 5.75 Å². The maximum atomic E-state index is 12.8. The van der Waals surface area contributed by atoms with Crippen molar-refractivity contribution in [3.63, 3.8) is 0 Å². The first kappa shape index (κ1) is 17.3. The van der Waals surface area contributed by atoms with Gasteiger partial charge in [-0.2, -0.15) is 13.2 Å². The molecule has 4 heteroatoms. The molecule has 0 saturated carbocycles. The molecule has 130 valence electrons. The number of allylic oxidation sites excluding steroid dienone is 3. The predicted molar refractivity (Wildman–Crippen MR) is 93.5 cm³/mol. The Labute approximate surface area is 145 Å². The van der Waals surface area contributed by atoms with E-state index in [1.165, 1.54) is 11.1 Å². The Bertz CT molecular complexity index is 797. The number of hydrogen-bond acceptors (Lipinski definition) is 1. The summed E-state index contributed by atoms with van der Waals surface area (Å²) in [5.74, 6) is 0.826.